The first-order valence-electron chi connectivity index (χ1n) is 8.60. The van der Waals surface area contributed by atoms with E-state index in [1.165, 1.54) is 17.7 Å². The number of rotatable bonds is 4. The van der Waals surface area contributed by atoms with Gasteiger partial charge in [-0.15, -0.1) is 0 Å². The molecular weight excluding hydrogens is 358 g/mol. The lowest BCUT2D eigenvalue weighted by Gasteiger charge is -2.10. The second-order valence-electron chi connectivity index (χ2n) is 6.75. The number of benzene rings is 2. The van der Waals surface area contributed by atoms with Gasteiger partial charge in [-0.05, 0) is 75.2 Å². The summed E-state index contributed by atoms with van der Waals surface area (Å²) >= 11 is 0. The minimum absolute atomic E-state index is 0.102. The molecule has 2 N–H and O–H groups in total. The molecule has 0 saturated carbocycles. The van der Waals surface area contributed by atoms with E-state index in [0.717, 1.165) is 33.9 Å². The molecule has 2 aromatic carbocycles. The van der Waals surface area contributed by atoms with E-state index in [1.54, 1.807) is 12.1 Å². The number of aliphatic imine (C=N–C) groups is 1. The molecule has 0 amide bonds. The Balaban J connectivity index is 1.98. The molecule has 0 atom stereocenters. The molecule has 0 spiro atoms. The minimum Gasteiger partial charge on any atom is -0.318 e. The van der Waals surface area contributed by atoms with Gasteiger partial charge in [0.25, 0.3) is 0 Å². The van der Waals surface area contributed by atoms with Crippen molar-refractivity contribution < 1.29 is 8.42 Å². The van der Waals surface area contributed by atoms with Crippen molar-refractivity contribution in [1.82, 2.24) is 4.57 Å². The zero-order valence-corrected chi connectivity index (χ0v) is 16.7. The third-order valence-corrected chi connectivity index (χ3v) is 5.53. The summed E-state index contributed by atoms with van der Waals surface area (Å²) in [4.78, 5) is 4.76. The highest BCUT2D eigenvalue weighted by Crippen LogP contribution is 2.23. The van der Waals surface area contributed by atoms with E-state index in [-0.39, 0.29) is 4.90 Å². The summed E-state index contributed by atoms with van der Waals surface area (Å²) in [6, 6.07) is 14.8. The zero-order valence-electron chi connectivity index (χ0n) is 15.9. The normalized spacial score (nSPS) is 12.0. The van der Waals surface area contributed by atoms with Gasteiger partial charge in [0.2, 0.25) is 10.0 Å². The van der Waals surface area contributed by atoms with E-state index in [4.69, 9.17) is 5.14 Å². The molecule has 6 heteroatoms. The van der Waals surface area contributed by atoms with Gasteiger partial charge in [-0.25, -0.2) is 13.6 Å². The monoisotopic (exact) mass is 381 g/mol. The molecule has 0 saturated heterocycles. The highest BCUT2D eigenvalue weighted by atomic mass is 32.2. The Morgan fingerprint density at radius 3 is 2.26 bits per heavy atom. The lowest BCUT2D eigenvalue weighted by atomic mass is 10.1. The van der Waals surface area contributed by atoms with Crippen LogP contribution >= 0.6 is 0 Å². The highest BCUT2D eigenvalue weighted by molar-refractivity contribution is 7.89. The number of aryl methyl sites for hydroxylation is 3. The molecular formula is C21H23N3O2S. The summed E-state index contributed by atoms with van der Waals surface area (Å²) < 4.78 is 25.0. The van der Waals surface area contributed by atoms with E-state index >= 15 is 0 Å². The number of sulfonamides is 1. The molecule has 3 rings (SSSR count). The number of hydrogen-bond acceptors (Lipinski definition) is 3. The third-order valence-electron chi connectivity index (χ3n) is 4.60. The van der Waals surface area contributed by atoms with Crippen molar-refractivity contribution in [2.75, 3.05) is 0 Å². The lowest BCUT2D eigenvalue weighted by Crippen LogP contribution is -2.12. The van der Waals surface area contributed by atoms with Gasteiger partial charge in [0, 0.05) is 28.9 Å². The predicted molar refractivity (Wildman–Crippen MR) is 110 cm³/mol. The summed E-state index contributed by atoms with van der Waals surface area (Å²) in [5, 5.41) is 5.18. The fourth-order valence-corrected chi connectivity index (χ4v) is 3.61. The van der Waals surface area contributed by atoms with Gasteiger partial charge in [-0.2, -0.15) is 0 Å². The van der Waals surface area contributed by atoms with Crippen LogP contribution in [0.5, 0.6) is 0 Å². The molecule has 0 bridgehead atoms. The van der Waals surface area contributed by atoms with E-state index < -0.39 is 10.0 Å². The van der Waals surface area contributed by atoms with Crippen LogP contribution in [0.1, 0.15) is 28.1 Å². The minimum atomic E-state index is -3.69. The van der Waals surface area contributed by atoms with Crippen LogP contribution in [-0.2, 0) is 10.0 Å². The Bertz CT molecular complexity index is 1120. The number of primary sulfonamides is 1. The Morgan fingerprint density at radius 1 is 0.963 bits per heavy atom. The summed E-state index contributed by atoms with van der Waals surface area (Å²) in [7, 11) is -3.69. The van der Waals surface area contributed by atoms with Crippen LogP contribution in [0.4, 0.5) is 5.69 Å². The highest BCUT2D eigenvalue weighted by Gasteiger charge is 2.12. The number of nitrogens with two attached hydrogens (primary N) is 1. The van der Waals surface area contributed by atoms with Gasteiger partial charge in [0.05, 0.1) is 10.6 Å². The Kier molecular flexibility index (Phi) is 5.04. The largest absolute Gasteiger partial charge is 0.318 e. The molecule has 0 aliphatic carbocycles. The number of nitrogens with zero attached hydrogens (tertiary/aromatic N) is 2. The summed E-state index contributed by atoms with van der Waals surface area (Å²) in [5.41, 5.74) is 7.23. The van der Waals surface area contributed by atoms with Crippen LogP contribution in [0.2, 0.25) is 0 Å². The first-order chi connectivity index (χ1) is 12.7. The van der Waals surface area contributed by atoms with Crippen molar-refractivity contribution in [2.45, 2.75) is 32.6 Å². The van der Waals surface area contributed by atoms with Crippen LogP contribution in [0.25, 0.3) is 5.69 Å². The quantitative estimate of drug-likeness (QED) is 0.690. The molecule has 140 valence electrons. The molecule has 0 radical (unpaired) electrons. The van der Waals surface area contributed by atoms with Crippen molar-refractivity contribution in [3.8, 4) is 5.69 Å². The fraction of sp³-hybridized carbons (Fsp3) is 0.190. The molecule has 0 fully saturated rings. The molecule has 5 nitrogen and oxygen atoms in total. The van der Waals surface area contributed by atoms with Crippen molar-refractivity contribution in [2.24, 2.45) is 10.1 Å². The maximum Gasteiger partial charge on any atom is 0.238 e. The Hall–Kier alpha value is -2.70. The van der Waals surface area contributed by atoms with Gasteiger partial charge in [-0.1, -0.05) is 12.1 Å². The lowest BCUT2D eigenvalue weighted by molar-refractivity contribution is 0.598. The molecule has 1 heterocycles. The van der Waals surface area contributed by atoms with Crippen molar-refractivity contribution in [3.05, 3.63) is 76.6 Å². The molecule has 1 aromatic heterocycles. The third kappa shape index (κ3) is 4.02. The predicted octanol–water partition coefficient (Wildman–Crippen LogP) is 4.11. The van der Waals surface area contributed by atoms with E-state index in [1.807, 2.05) is 27.0 Å². The van der Waals surface area contributed by atoms with Crippen LogP contribution in [0.15, 0.2) is 58.4 Å². The van der Waals surface area contributed by atoms with Gasteiger partial charge in [0.1, 0.15) is 0 Å². The van der Waals surface area contributed by atoms with Crippen LogP contribution < -0.4 is 5.14 Å². The van der Waals surface area contributed by atoms with Crippen LogP contribution in [-0.4, -0.2) is 19.2 Å². The first kappa shape index (κ1) is 19.1. The van der Waals surface area contributed by atoms with Crippen molar-refractivity contribution >= 4 is 21.9 Å². The average Bonchev–Trinajstić information content (AvgIpc) is 2.89. The average molecular weight is 382 g/mol. The maximum atomic E-state index is 11.4. The smallest absolute Gasteiger partial charge is 0.238 e. The van der Waals surface area contributed by atoms with E-state index in [0.29, 0.717) is 0 Å². The molecule has 0 aliphatic heterocycles. The number of hydrogen-bond donors (Lipinski definition) is 1. The molecule has 0 aliphatic rings. The second-order valence-corrected chi connectivity index (χ2v) is 8.31. The molecule has 27 heavy (non-hydrogen) atoms. The SMILES string of the molecule is Cc1ccc(C)c(N=Cc2cc(C)n(-c3ccc(S(N)(=O)=O)cc3)c2C)c1. The second kappa shape index (κ2) is 7.13. The van der Waals surface area contributed by atoms with Crippen molar-refractivity contribution in [3.63, 3.8) is 0 Å². The maximum absolute atomic E-state index is 11.4. The van der Waals surface area contributed by atoms with Gasteiger partial charge < -0.3 is 4.57 Å². The zero-order chi connectivity index (χ0) is 19.8. The van der Waals surface area contributed by atoms with Crippen LogP contribution in [0, 0.1) is 27.7 Å². The summed E-state index contributed by atoms with van der Waals surface area (Å²) in [6.45, 7) is 8.12. The Labute approximate surface area is 160 Å². The van der Waals surface area contributed by atoms with Gasteiger partial charge in [-0.3, -0.25) is 4.99 Å². The summed E-state index contributed by atoms with van der Waals surface area (Å²) in [6.07, 6.45) is 1.87. The standard InChI is InChI=1S/C21H23N3O2S/c1-14-5-6-15(2)21(11-14)23-13-18-12-16(3)24(17(18)4)19-7-9-20(10-8-19)27(22,25)26/h5-13H,1-4H3,(H2,22,25,26). The number of aromatic nitrogens is 1. The fourth-order valence-electron chi connectivity index (χ4n) is 3.10. The van der Waals surface area contributed by atoms with Crippen molar-refractivity contribution in [1.29, 1.82) is 0 Å². The topological polar surface area (TPSA) is 77.5 Å². The van der Waals surface area contributed by atoms with E-state index in [9.17, 15) is 8.42 Å². The van der Waals surface area contributed by atoms with E-state index in [2.05, 4.69) is 40.7 Å². The van der Waals surface area contributed by atoms with Gasteiger partial charge >= 0.3 is 0 Å². The van der Waals surface area contributed by atoms with Gasteiger partial charge in [0.15, 0.2) is 0 Å². The molecule has 0 unspecified atom stereocenters. The first-order valence-corrected chi connectivity index (χ1v) is 10.1. The molecule has 3 aromatic rings. The Morgan fingerprint density at radius 2 is 1.63 bits per heavy atom. The summed E-state index contributed by atoms with van der Waals surface area (Å²) in [5.74, 6) is 0. The van der Waals surface area contributed by atoms with Crippen LogP contribution in [0.3, 0.4) is 0 Å².